The lowest BCUT2D eigenvalue weighted by Gasteiger charge is -2.14. The Balaban J connectivity index is 1.75. The molecule has 23 heavy (non-hydrogen) atoms. The van der Waals surface area contributed by atoms with Gasteiger partial charge in [0.1, 0.15) is 23.7 Å². The predicted octanol–water partition coefficient (Wildman–Crippen LogP) is 3.24. The van der Waals surface area contributed by atoms with E-state index in [2.05, 4.69) is 54.6 Å². The van der Waals surface area contributed by atoms with E-state index in [0.29, 0.717) is 6.54 Å². The van der Waals surface area contributed by atoms with Crippen molar-refractivity contribution < 1.29 is 9.67 Å². The molecule has 0 radical (unpaired) electrons. The molecule has 1 aliphatic heterocycles. The van der Waals surface area contributed by atoms with Gasteiger partial charge in [-0.1, -0.05) is 40.2 Å². The van der Waals surface area contributed by atoms with E-state index in [4.69, 9.17) is 0 Å². The van der Waals surface area contributed by atoms with Crippen molar-refractivity contribution in [2.24, 2.45) is 0 Å². The first-order valence-electron chi connectivity index (χ1n) is 7.92. The van der Waals surface area contributed by atoms with Gasteiger partial charge in [0.25, 0.3) is 0 Å². The molecule has 0 amide bonds. The van der Waals surface area contributed by atoms with E-state index in [-0.39, 0.29) is 0 Å². The molecule has 0 bridgehead atoms. The molecule has 4 rings (SSSR count). The number of anilines is 1. The number of aliphatic hydroxyl groups is 1. The Hall–Kier alpha value is -1.85. The molecule has 2 N–H and O–H groups in total. The van der Waals surface area contributed by atoms with Gasteiger partial charge in [-0.2, -0.15) is 0 Å². The number of aliphatic hydroxyl groups excluding tert-OH is 1. The molecule has 2 aromatic carbocycles. The Bertz CT molecular complexity index is 841. The van der Waals surface area contributed by atoms with E-state index in [1.165, 1.54) is 5.52 Å². The number of aryl methyl sites for hydroxylation is 1. The highest BCUT2D eigenvalue weighted by Crippen LogP contribution is 2.25. The molecule has 0 aliphatic carbocycles. The number of nitrogens with one attached hydrogen (secondary N) is 1. The van der Waals surface area contributed by atoms with Crippen LogP contribution < -0.4 is 9.88 Å². The topological polar surface area (TPSA) is 41.1 Å². The summed E-state index contributed by atoms with van der Waals surface area (Å²) in [5.41, 5.74) is 3.31. The third-order valence-electron chi connectivity index (χ3n) is 4.43. The summed E-state index contributed by atoms with van der Waals surface area (Å²) in [5.74, 6) is 1.09. The average Bonchev–Trinajstić information content (AvgIpc) is 2.90. The molecule has 4 nitrogen and oxygen atoms in total. The third kappa shape index (κ3) is 2.64. The number of nitrogens with zero attached hydrogens (tertiary/aromatic N) is 2. The zero-order valence-corrected chi connectivity index (χ0v) is 14.3. The number of benzene rings is 2. The minimum absolute atomic E-state index is 0.535. The van der Waals surface area contributed by atoms with Crippen LogP contribution in [-0.2, 0) is 13.1 Å². The largest absolute Gasteiger partial charge is 0.385 e. The second-order valence-electron chi connectivity index (χ2n) is 5.92. The summed E-state index contributed by atoms with van der Waals surface area (Å²) in [4.78, 5) is 0. The second-order valence-corrected chi connectivity index (χ2v) is 6.84. The minimum Gasteiger partial charge on any atom is -0.385 e. The molecule has 5 heteroatoms. The van der Waals surface area contributed by atoms with E-state index in [1.807, 2.05) is 24.3 Å². The smallest absolute Gasteiger partial charge is 0.358 e. The van der Waals surface area contributed by atoms with Crippen LogP contribution in [0.2, 0.25) is 0 Å². The van der Waals surface area contributed by atoms with Crippen molar-refractivity contribution in [3.05, 3.63) is 58.6 Å². The maximum Gasteiger partial charge on any atom is 0.358 e. The molecule has 1 aliphatic rings. The van der Waals surface area contributed by atoms with E-state index >= 15 is 0 Å². The van der Waals surface area contributed by atoms with Crippen LogP contribution >= 0.6 is 15.9 Å². The number of fused-ring (bicyclic) bond motifs is 3. The maximum absolute atomic E-state index is 10.7. The van der Waals surface area contributed by atoms with Gasteiger partial charge >= 0.3 is 5.95 Å². The van der Waals surface area contributed by atoms with Gasteiger partial charge < -0.3 is 5.11 Å². The summed E-state index contributed by atoms with van der Waals surface area (Å²) in [6.45, 7) is 2.53. The molecule has 0 fully saturated rings. The minimum atomic E-state index is -0.535. The molecule has 0 saturated heterocycles. The number of aromatic nitrogens is 2. The number of rotatable bonds is 3. The summed E-state index contributed by atoms with van der Waals surface area (Å²) in [5, 5.41) is 14.2. The van der Waals surface area contributed by atoms with Gasteiger partial charge in [-0.05, 0) is 29.8 Å². The zero-order chi connectivity index (χ0) is 15.8. The molecule has 118 valence electrons. The van der Waals surface area contributed by atoms with Crippen molar-refractivity contribution in [2.45, 2.75) is 25.6 Å². The molecule has 0 saturated carbocycles. The molecular formula is C18H19BrN3O+. The van der Waals surface area contributed by atoms with E-state index in [9.17, 15) is 5.11 Å². The number of hydrogen-bond donors (Lipinski definition) is 2. The van der Waals surface area contributed by atoms with Gasteiger partial charge in [-0.25, -0.2) is 9.13 Å². The van der Waals surface area contributed by atoms with E-state index in [1.54, 1.807) is 0 Å². The normalized spacial score (nSPS) is 15.2. The molecule has 1 atom stereocenters. The van der Waals surface area contributed by atoms with Gasteiger partial charge in [0, 0.05) is 10.9 Å². The fourth-order valence-electron chi connectivity index (χ4n) is 3.30. The quantitative estimate of drug-likeness (QED) is 0.692. The Morgan fingerprint density at radius 3 is 2.78 bits per heavy atom. The highest BCUT2D eigenvalue weighted by atomic mass is 79.9. The lowest BCUT2D eigenvalue weighted by Crippen LogP contribution is -2.42. The first-order chi connectivity index (χ1) is 11.2. The number of hydrogen-bond acceptors (Lipinski definition) is 2. The Morgan fingerprint density at radius 1 is 1.17 bits per heavy atom. The van der Waals surface area contributed by atoms with Crippen LogP contribution in [0.4, 0.5) is 5.95 Å². The van der Waals surface area contributed by atoms with Crippen molar-refractivity contribution in [1.82, 2.24) is 4.57 Å². The average molecular weight is 373 g/mol. The zero-order valence-electron chi connectivity index (χ0n) is 12.7. The van der Waals surface area contributed by atoms with Crippen molar-refractivity contribution in [3.8, 4) is 0 Å². The molecule has 0 spiro atoms. The van der Waals surface area contributed by atoms with Crippen molar-refractivity contribution in [1.29, 1.82) is 0 Å². The predicted molar refractivity (Wildman–Crippen MR) is 94.3 cm³/mol. The van der Waals surface area contributed by atoms with Crippen LogP contribution in [0.15, 0.2) is 53.0 Å². The summed E-state index contributed by atoms with van der Waals surface area (Å²) in [7, 11) is 0. The van der Waals surface area contributed by atoms with Crippen LogP contribution in [0, 0.1) is 0 Å². The summed E-state index contributed by atoms with van der Waals surface area (Å²) >= 11 is 3.44. The van der Waals surface area contributed by atoms with Gasteiger partial charge in [0.05, 0.1) is 13.1 Å². The van der Waals surface area contributed by atoms with Gasteiger partial charge in [-0.15, -0.1) is 0 Å². The number of halogens is 1. The van der Waals surface area contributed by atoms with Gasteiger partial charge in [0.2, 0.25) is 0 Å². The van der Waals surface area contributed by atoms with Crippen LogP contribution in [0.1, 0.15) is 18.1 Å². The number of para-hydroxylation sites is 2. The molecular weight excluding hydrogens is 354 g/mol. The van der Waals surface area contributed by atoms with E-state index in [0.717, 1.165) is 41.0 Å². The fourth-order valence-corrected chi connectivity index (χ4v) is 3.56. The van der Waals surface area contributed by atoms with E-state index < -0.39 is 6.10 Å². The van der Waals surface area contributed by atoms with Crippen LogP contribution in [0.25, 0.3) is 11.0 Å². The van der Waals surface area contributed by atoms with Crippen molar-refractivity contribution >= 4 is 32.9 Å². The highest BCUT2D eigenvalue weighted by Gasteiger charge is 2.27. The van der Waals surface area contributed by atoms with Crippen molar-refractivity contribution in [2.75, 3.05) is 11.9 Å². The third-order valence-corrected chi connectivity index (χ3v) is 4.96. The lowest BCUT2D eigenvalue weighted by molar-refractivity contribution is -0.661. The monoisotopic (exact) mass is 372 g/mol. The van der Waals surface area contributed by atoms with Gasteiger partial charge in [-0.3, -0.25) is 5.32 Å². The van der Waals surface area contributed by atoms with Gasteiger partial charge in [0.15, 0.2) is 0 Å². The van der Waals surface area contributed by atoms with Crippen LogP contribution in [0.5, 0.6) is 0 Å². The number of imidazole rings is 1. The molecule has 3 aromatic rings. The summed E-state index contributed by atoms with van der Waals surface area (Å²) in [6, 6.07) is 16.3. The summed E-state index contributed by atoms with van der Waals surface area (Å²) in [6.07, 6.45) is 0.591. The Kier molecular flexibility index (Phi) is 3.83. The van der Waals surface area contributed by atoms with Crippen molar-refractivity contribution in [3.63, 3.8) is 0 Å². The molecule has 1 aromatic heterocycles. The first-order valence-corrected chi connectivity index (χ1v) is 8.72. The SMILES string of the molecule is OC(Cn1c2[n+](c3ccccc31)CCCN2)c1ccc(Br)cc1. The standard InChI is InChI=1S/C18H18BrN3O/c19-14-8-6-13(7-9-14)17(23)12-22-16-5-2-1-4-15(16)21-11-3-10-20-18(21)22/h1-2,4-9,17,23H,3,10-12H2/p+1. The summed E-state index contributed by atoms with van der Waals surface area (Å²) < 4.78 is 5.53. The Morgan fingerprint density at radius 2 is 1.96 bits per heavy atom. The lowest BCUT2D eigenvalue weighted by atomic mass is 10.1. The van der Waals surface area contributed by atoms with Crippen LogP contribution in [0.3, 0.4) is 0 Å². The Labute approximate surface area is 143 Å². The maximum atomic E-state index is 10.7. The molecule has 1 unspecified atom stereocenters. The first kappa shape index (κ1) is 14.7. The fraction of sp³-hybridized carbons (Fsp3) is 0.278. The highest BCUT2D eigenvalue weighted by molar-refractivity contribution is 9.10. The van der Waals surface area contributed by atoms with Crippen LogP contribution in [-0.4, -0.2) is 16.2 Å². The molecule has 2 heterocycles. The second kappa shape index (κ2) is 5.98.